The summed E-state index contributed by atoms with van der Waals surface area (Å²) in [5.41, 5.74) is 14.7. The molecule has 1 atom stereocenters. The first-order valence-corrected chi connectivity index (χ1v) is 47.0. The number of para-hydroxylation sites is 1. The van der Waals surface area contributed by atoms with Gasteiger partial charge in [-0.05, 0) is 195 Å². The molecule has 7 aromatic carbocycles. The number of hydrogen-bond donors (Lipinski definition) is 4. The number of hydrogen-bond acceptors (Lipinski definition) is 17. The number of fused-ring (bicyclic) bond motifs is 4. The summed E-state index contributed by atoms with van der Waals surface area (Å²) in [7, 11) is -3.31. The van der Waals surface area contributed by atoms with Gasteiger partial charge in [0.05, 0.1) is 99.5 Å². The minimum absolute atomic E-state index is 0.0163. The molecule has 7 aromatic rings. The summed E-state index contributed by atoms with van der Waals surface area (Å²) in [6.07, 6.45) is 20.7. The molecule has 0 radical (unpaired) electrons. The normalized spacial score (nSPS) is 15.7. The van der Waals surface area contributed by atoms with Crippen LogP contribution in [0.2, 0.25) is 30.1 Å². The molecule has 0 aromatic heterocycles. The standard InChI is InChI=1S/C40H51Cl4N7O4S.C33H48O4.C11H10Cl2O4.C10H12N2O/c1-4-6-7-8-9-10-11-12-13-14-15-16-36(52)46-30-19-22-32(42)35(27-30)48-39-37(40(53)51(49-39)38-33(43)25-28(41)26-34(38)44)47-29-17-20-31(21-18-29)50(5-2)24-23-45-56(3,54)55;1-9-13-34-27-17-23-25(19-29(27)36-15-11-3)33(21-31(23,5)6)22-32(7,8)24-18-28(35-14-10-2)30(20-26(24)33)37-16-12-4;1-3-16-11(15)7-4-8(12)10(9(13)5-7)17-6(2)14;1-8-7-12(11-10(8)13)9-5-3-2-4-6-9/h17-22,25-27,45H,4-16,23-24H2,1-3H3,(H,46,52)(H,48,49);17-20H,9-16,21-22H2,1-8H3;4-5H,3H2,1-2H3;2-6,8H,7H2,1H3,(H,11,13). The van der Waals surface area contributed by atoms with Crippen LogP contribution in [0.4, 0.5) is 34.1 Å². The fourth-order valence-corrected chi connectivity index (χ4v) is 17.5. The van der Waals surface area contributed by atoms with Gasteiger partial charge in [0.15, 0.2) is 40.3 Å². The van der Waals surface area contributed by atoms with E-state index in [-0.39, 0.29) is 106 Å². The molecule has 668 valence electrons. The molecule has 2 saturated heterocycles. The van der Waals surface area contributed by atoms with E-state index in [9.17, 15) is 32.4 Å². The first-order chi connectivity index (χ1) is 58.6. The third kappa shape index (κ3) is 28.2. The molecule has 4 aliphatic rings. The highest BCUT2D eigenvalue weighted by atomic mass is 35.5. The number of nitrogens with zero attached hydrogens (tertiary/aromatic N) is 5. The van der Waals surface area contributed by atoms with Gasteiger partial charge < -0.3 is 38.6 Å². The van der Waals surface area contributed by atoms with Crippen molar-refractivity contribution in [2.45, 2.75) is 222 Å². The van der Waals surface area contributed by atoms with Crippen LogP contribution in [0.1, 0.15) is 238 Å². The summed E-state index contributed by atoms with van der Waals surface area (Å²) in [6.45, 7) is 32.3. The molecule has 0 saturated carbocycles. The van der Waals surface area contributed by atoms with Crippen LogP contribution in [0.3, 0.4) is 0 Å². The number of esters is 2. The van der Waals surface area contributed by atoms with Crippen LogP contribution in [0.25, 0.3) is 0 Å². The number of nitrogens with one attached hydrogen (secondary N) is 4. The SMILES string of the molecule is CC1CN(c2ccccc2)NC1=O.CCCCCCCCCCCCCC(=O)Nc1ccc(Cl)c(N=C2NN(c3c(Cl)cc(Cl)cc3Cl)C(=O)C2=Nc2ccc(N(CC)CCNS(C)(=O)=O)cc2)c1.CCCOc1cc2c(cc1OCCC)C1(CC2(C)C)CC(C)(C)c2cc(OCCC)c(OCCC)cc21.CCOC(=O)c1cc(Cl)c(OC(C)=O)c(Cl)c1. The lowest BCUT2D eigenvalue weighted by atomic mass is 9.72. The van der Waals surface area contributed by atoms with Gasteiger partial charge in [0.2, 0.25) is 21.8 Å². The predicted octanol–water partition coefficient (Wildman–Crippen LogP) is 23.4. The van der Waals surface area contributed by atoms with Crippen molar-refractivity contribution in [2.75, 3.05) is 85.7 Å². The van der Waals surface area contributed by atoms with Crippen molar-refractivity contribution < 1.29 is 60.8 Å². The van der Waals surface area contributed by atoms with Crippen LogP contribution >= 0.6 is 69.6 Å². The van der Waals surface area contributed by atoms with Gasteiger partial charge in [0.1, 0.15) is 5.69 Å². The number of carbonyl (C=O) groups excluding carboxylic acids is 5. The van der Waals surface area contributed by atoms with Crippen LogP contribution < -0.4 is 59.5 Å². The molecule has 11 rings (SSSR count). The number of sulfonamides is 1. The maximum Gasteiger partial charge on any atom is 0.338 e. The summed E-state index contributed by atoms with van der Waals surface area (Å²) in [4.78, 5) is 71.7. The Bertz CT molecular complexity index is 4800. The Morgan fingerprint density at radius 1 is 0.585 bits per heavy atom. The second-order valence-corrected chi connectivity index (χ2v) is 36.7. The zero-order chi connectivity index (χ0) is 89.8. The fourth-order valence-electron chi connectivity index (χ4n) is 15.3. The van der Waals surface area contributed by atoms with Gasteiger partial charge in [-0.3, -0.25) is 35.0 Å². The number of unbranched alkanes of at least 4 members (excludes halogenated alkanes) is 10. The maximum atomic E-state index is 14.0. The topological polar surface area (TPSA) is 257 Å². The Kier molecular flexibility index (Phi) is 38.7. The van der Waals surface area contributed by atoms with E-state index in [0.717, 1.165) is 110 Å². The molecule has 123 heavy (non-hydrogen) atoms. The van der Waals surface area contributed by atoms with Gasteiger partial charge in [-0.2, -0.15) is 0 Å². The second kappa shape index (κ2) is 47.7. The lowest BCUT2D eigenvalue weighted by Gasteiger charge is -2.31. The molecule has 2 fully saturated rings. The number of benzene rings is 7. The minimum atomic E-state index is -3.31. The smallest absolute Gasteiger partial charge is 0.338 e. The molecule has 1 unspecified atom stereocenters. The van der Waals surface area contributed by atoms with Crippen molar-refractivity contribution in [3.8, 4) is 28.7 Å². The summed E-state index contributed by atoms with van der Waals surface area (Å²) in [6, 6.07) is 36.7. The molecule has 3 amide bonds. The largest absolute Gasteiger partial charge is 0.490 e. The second-order valence-electron chi connectivity index (χ2n) is 32.3. The highest BCUT2D eigenvalue weighted by Gasteiger charge is 2.57. The third-order valence-electron chi connectivity index (χ3n) is 21.1. The number of halogens is 6. The van der Waals surface area contributed by atoms with E-state index in [1.165, 1.54) is 105 Å². The van der Waals surface area contributed by atoms with E-state index in [4.69, 9.17) is 103 Å². The Morgan fingerprint density at radius 2 is 1.09 bits per heavy atom. The van der Waals surface area contributed by atoms with Gasteiger partial charge in [-0.1, -0.05) is 221 Å². The molecule has 29 heteroatoms. The number of rotatable bonds is 38. The van der Waals surface area contributed by atoms with Gasteiger partial charge in [0.25, 0.3) is 5.91 Å². The molecule has 2 aliphatic carbocycles. The zero-order valence-electron chi connectivity index (χ0n) is 73.4. The molecular weight excluding hydrogens is 1710 g/mol. The van der Waals surface area contributed by atoms with Crippen LogP contribution in [0, 0.1) is 5.92 Å². The number of likely N-dealkylation sites (N-methyl/N-ethyl adjacent to an activating group) is 1. The highest BCUT2D eigenvalue weighted by molar-refractivity contribution is 7.88. The quantitative estimate of drug-likeness (QED) is 0.0159. The molecule has 2 aliphatic heterocycles. The Labute approximate surface area is 757 Å². The number of amidine groups is 1. The first kappa shape index (κ1) is 99.9. The molecule has 2 heterocycles. The monoisotopic (exact) mass is 1830 g/mol. The van der Waals surface area contributed by atoms with Crippen molar-refractivity contribution in [1.29, 1.82) is 0 Å². The van der Waals surface area contributed by atoms with Crippen LogP contribution in [0.5, 0.6) is 28.7 Å². The van der Waals surface area contributed by atoms with E-state index in [2.05, 4.69) is 112 Å². The van der Waals surface area contributed by atoms with E-state index in [0.29, 0.717) is 62.3 Å². The van der Waals surface area contributed by atoms with Crippen molar-refractivity contribution in [3.05, 3.63) is 179 Å². The van der Waals surface area contributed by atoms with Crippen LogP contribution in [-0.2, 0) is 50.2 Å². The Hall–Kier alpha value is -8.52. The zero-order valence-corrected chi connectivity index (χ0v) is 78.8. The summed E-state index contributed by atoms with van der Waals surface area (Å²) >= 11 is 37.5. The number of hydrazine groups is 2. The predicted molar refractivity (Wildman–Crippen MR) is 502 cm³/mol. The van der Waals surface area contributed by atoms with E-state index in [1.807, 2.05) is 66.2 Å². The summed E-state index contributed by atoms with van der Waals surface area (Å²) < 4.78 is 60.2. The van der Waals surface area contributed by atoms with E-state index < -0.39 is 27.9 Å². The summed E-state index contributed by atoms with van der Waals surface area (Å²) in [5, 5.41) is 6.95. The Balaban J connectivity index is 0.000000236. The van der Waals surface area contributed by atoms with Gasteiger partial charge >= 0.3 is 11.9 Å². The van der Waals surface area contributed by atoms with Gasteiger partial charge in [-0.25, -0.2) is 32.9 Å². The molecule has 1 spiro atoms. The van der Waals surface area contributed by atoms with E-state index in [1.54, 1.807) is 37.3 Å². The van der Waals surface area contributed by atoms with E-state index >= 15 is 0 Å². The molecule has 4 N–H and O–H groups in total. The summed E-state index contributed by atoms with van der Waals surface area (Å²) in [5.74, 6) is 2.03. The number of aliphatic imine (C=N–C) groups is 2. The van der Waals surface area contributed by atoms with Crippen LogP contribution in [-0.4, -0.2) is 115 Å². The third-order valence-corrected chi connectivity index (χ3v) is 23.5. The molecule has 22 nitrogen and oxygen atoms in total. The maximum absolute atomic E-state index is 14.0. The lowest BCUT2D eigenvalue weighted by molar-refractivity contribution is -0.132. The van der Waals surface area contributed by atoms with Gasteiger partial charge in [-0.15, -0.1) is 0 Å². The van der Waals surface area contributed by atoms with Gasteiger partial charge in [0, 0.05) is 54.8 Å². The number of ether oxygens (including phenoxy) is 6. The number of anilines is 4. The van der Waals surface area contributed by atoms with Crippen molar-refractivity contribution in [1.82, 2.24) is 15.6 Å². The highest BCUT2D eigenvalue weighted by Crippen LogP contribution is 2.65. The average Bonchev–Trinajstić information content (AvgIpc) is 1.52. The number of amides is 3. The molecular formula is C94H121Cl6N9O13S. The fraction of sp³-hybridized carbons (Fsp3) is 0.479. The first-order valence-electron chi connectivity index (χ1n) is 42.8. The minimum Gasteiger partial charge on any atom is -0.490 e. The molecule has 0 bridgehead atoms. The van der Waals surface area contributed by atoms with Crippen LogP contribution in [0.15, 0.2) is 131 Å². The Morgan fingerprint density at radius 3 is 1.55 bits per heavy atom. The van der Waals surface area contributed by atoms with Crippen molar-refractivity contribution in [2.24, 2.45) is 15.9 Å². The lowest BCUT2D eigenvalue weighted by Crippen LogP contribution is -2.36. The van der Waals surface area contributed by atoms with Crippen molar-refractivity contribution >= 4 is 155 Å². The van der Waals surface area contributed by atoms with Crippen molar-refractivity contribution in [3.63, 3.8) is 0 Å². The average molecular weight is 1830 g/mol. The number of carbonyl (C=O) groups is 5.